The van der Waals surface area contributed by atoms with Gasteiger partial charge in [0.05, 0.1) is 0 Å². The number of nitrogens with two attached hydrogens (primary N) is 1. The van der Waals surface area contributed by atoms with Crippen LogP contribution in [0.25, 0.3) is 11.3 Å². The number of H-pyrrole nitrogens is 1. The van der Waals surface area contributed by atoms with E-state index in [4.69, 9.17) is 10.8 Å². The van der Waals surface area contributed by atoms with Crippen molar-refractivity contribution in [3.63, 3.8) is 0 Å². The first-order chi connectivity index (χ1) is 9.08. The van der Waals surface area contributed by atoms with E-state index >= 15 is 0 Å². The Kier molecular flexibility index (Phi) is 3.56. The minimum absolute atomic E-state index is 0.0792. The fourth-order valence-corrected chi connectivity index (χ4v) is 1.68. The van der Waals surface area contributed by atoms with Crippen LogP contribution in [0.2, 0.25) is 0 Å². The fraction of sp³-hybridized carbons (Fsp3) is 0.167. The van der Waals surface area contributed by atoms with E-state index in [1.54, 1.807) is 24.3 Å². The highest BCUT2D eigenvalue weighted by Crippen LogP contribution is 2.20. The van der Waals surface area contributed by atoms with Gasteiger partial charge in [0.1, 0.15) is 5.69 Å². The number of carbonyl (C=O) groups excluding carboxylic acids is 1. The number of rotatable bonds is 5. The van der Waals surface area contributed by atoms with Crippen LogP contribution in [0.4, 0.5) is 0 Å². The van der Waals surface area contributed by atoms with Crippen molar-refractivity contribution in [2.75, 3.05) is 0 Å². The highest BCUT2D eigenvalue weighted by atomic mass is 16.4. The van der Waals surface area contributed by atoms with Gasteiger partial charge in [-0.05, 0) is 12.0 Å². The number of carboxylic acid groups (broad SMARTS) is 1. The lowest BCUT2D eigenvalue weighted by molar-refractivity contribution is -0.136. The molecule has 0 saturated carbocycles. The lowest BCUT2D eigenvalue weighted by Crippen LogP contribution is -2.12. The quantitative estimate of drug-likeness (QED) is 0.726. The number of aromatic nitrogens is 3. The molecule has 98 valence electrons. The number of amides is 1. The van der Waals surface area contributed by atoms with E-state index < -0.39 is 11.9 Å². The number of hydrogen-bond acceptors (Lipinski definition) is 4. The molecule has 1 heterocycles. The van der Waals surface area contributed by atoms with Crippen molar-refractivity contribution >= 4 is 11.9 Å². The summed E-state index contributed by atoms with van der Waals surface area (Å²) in [5, 5.41) is 18.5. The third-order valence-electron chi connectivity index (χ3n) is 2.64. The second-order valence-electron chi connectivity index (χ2n) is 3.98. The van der Waals surface area contributed by atoms with Crippen molar-refractivity contribution in [3.8, 4) is 11.3 Å². The first kappa shape index (κ1) is 12.7. The van der Waals surface area contributed by atoms with Gasteiger partial charge in [-0.1, -0.05) is 24.3 Å². The Morgan fingerprint density at radius 3 is 2.47 bits per heavy atom. The number of nitrogens with zero attached hydrogens (tertiary/aromatic N) is 2. The second kappa shape index (κ2) is 5.30. The van der Waals surface area contributed by atoms with Crippen LogP contribution in [0.15, 0.2) is 24.3 Å². The molecule has 1 amide bonds. The number of primary amides is 1. The van der Waals surface area contributed by atoms with Crippen LogP contribution < -0.4 is 5.73 Å². The first-order valence-electron chi connectivity index (χ1n) is 5.59. The molecule has 1 aromatic heterocycles. The number of nitrogens with one attached hydrogen (secondary N) is 1. The van der Waals surface area contributed by atoms with E-state index in [0.29, 0.717) is 17.7 Å². The van der Waals surface area contributed by atoms with Crippen LogP contribution in [-0.2, 0) is 11.2 Å². The Balaban J connectivity index is 2.20. The third kappa shape index (κ3) is 2.95. The molecule has 7 nitrogen and oxygen atoms in total. The molecule has 0 atom stereocenters. The average Bonchev–Trinajstić information content (AvgIpc) is 2.86. The molecule has 2 rings (SSSR count). The van der Waals surface area contributed by atoms with E-state index in [-0.39, 0.29) is 12.1 Å². The molecule has 0 fully saturated rings. The Labute approximate surface area is 108 Å². The third-order valence-corrected chi connectivity index (χ3v) is 2.64. The molecule has 1 aromatic carbocycles. The summed E-state index contributed by atoms with van der Waals surface area (Å²) in [6, 6.07) is 7.08. The predicted octanol–water partition coefficient (Wildman–Crippen LogP) is 0.588. The van der Waals surface area contributed by atoms with Crippen molar-refractivity contribution in [1.82, 2.24) is 15.4 Å². The number of hydrogen-bond donors (Lipinski definition) is 3. The normalized spacial score (nSPS) is 10.3. The van der Waals surface area contributed by atoms with Crippen LogP contribution >= 0.6 is 0 Å². The van der Waals surface area contributed by atoms with Crippen molar-refractivity contribution in [2.45, 2.75) is 12.8 Å². The van der Waals surface area contributed by atoms with Gasteiger partial charge in [-0.3, -0.25) is 9.59 Å². The van der Waals surface area contributed by atoms with E-state index in [1.165, 1.54) is 0 Å². The van der Waals surface area contributed by atoms with Gasteiger partial charge in [-0.2, -0.15) is 15.4 Å². The molecule has 0 aliphatic heterocycles. The SMILES string of the molecule is NC(=O)c1n[nH]nc1-c1ccc(CCC(=O)O)cc1. The molecule has 19 heavy (non-hydrogen) atoms. The molecular formula is C12H12N4O3. The van der Waals surface area contributed by atoms with Crippen molar-refractivity contribution < 1.29 is 14.7 Å². The largest absolute Gasteiger partial charge is 0.481 e. The topological polar surface area (TPSA) is 122 Å². The average molecular weight is 260 g/mol. The Hall–Kier alpha value is -2.70. The number of carbonyl (C=O) groups is 2. The number of benzene rings is 1. The van der Waals surface area contributed by atoms with Crippen LogP contribution in [0.3, 0.4) is 0 Å². The van der Waals surface area contributed by atoms with E-state index in [1.807, 2.05) is 0 Å². The first-order valence-corrected chi connectivity index (χ1v) is 5.59. The number of carboxylic acids is 1. The molecule has 4 N–H and O–H groups in total. The highest BCUT2D eigenvalue weighted by molar-refractivity contribution is 5.96. The maximum Gasteiger partial charge on any atom is 0.303 e. The van der Waals surface area contributed by atoms with E-state index in [9.17, 15) is 9.59 Å². The highest BCUT2D eigenvalue weighted by Gasteiger charge is 2.14. The zero-order valence-electron chi connectivity index (χ0n) is 9.96. The van der Waals surface area contributed by atoms with Crippen LogP contribution in [-0.4, -0.2) is 32.4 Å². The molecule has 0 unspecified atom stereocenters. The smallest absolute Gasteiger partial charge is 0.303 e. The molecular weight excluding hydrogens is 248 g/mol. The summed E-state index contributed by atoms with van der Waals surface area (Å²) in [4.78, 5) is 21.6. The molecule has 0 spiro atoms. The monoisotopic (exact) mass is 260 g/mol. The lowest BCUT2D eigenvalue weighted by atomic mass is 10.0. The Morgan fingerprint density at radius 1 is 1.21 bits per heavy atom. The van der Waals surface area contributed by atoms with Gasteiger partial charge >= 0.3 is 5.97 Å². The lowest BCUT2D eigenvalue weighted by Gasteiger charge is -2.01. The van der Waals surface area contributed by atoms with Gasteiger partial charge in [0.25, 0.3) is 5.91 Å². The summed E-state index contributed by atoms with van der Waals surface area (Å²) in [5.41, 5.74) is 7.24. The van der Waals surface area contributed by atoms with Crippen LogP contribution in [0.1, 0.15) is 22.5 Å². The Morgan fingerprint density at radius 2 is 1.89 bits per heavy atom. The number of aliphatic carboxylic acids is 1. The number of aromatic amines is 1. The van der Waals surface area contributed by atoms with Gasteiger partial charge in [0.15, 0.2) is 5.69 Å². The zero-order valence-corrected chi connectivity index (χ0v) is 9.96. The maximum atomic E-state index is 11.1. The predicted molar refractivity (Wildman–Crippen MR) is 66.3 cm³/mol. The second-order valence-corrected chi connectivity index (χ2v) is 3.98. The molecule has 0 saturated heterocycles. The summed E-state index contributed by atoms with van der Waals surface area (Å²) < 4.78 is 0. The zero-order chi connectivity index (χ0) is 13.8. The molecule has 0 bridgehead atoms. The summed E-state index contributed by atoms with van der Waals surface area (Å²) in [6.45, 7) is 0. The standard InChI is InChI=1S/C12H12N4O3/c13-12(19)11-10(14-16-15-11)8-4-1-7(2-5-8)3-6-9(17)18/h1-2,4-5H,3,6H2,(H2,13,19)(H,17,18)(H,14,15,16). The molecule has 0 radical (unpaired) electrons. The minimum atomic E-state index is -0.836. The van der Waals surface area contributed by atoms with Crippen molar-refractivity contribution in [2.24, 2.45) is 5.73 Å². The van der Waals surface area contributed by atoms with Gasteiger partial charge in [0, 0.05) is 12.0 Å². The van der Waals surface area contributed by atoms with Gasteiger partial charge < -0.3 is 10.8 Å². The van der Waals surface area contributed by atoms with Gasteiger partial charge in [0.2, 0.25) is 0 Å². The van der Waals surface area contributed by atoms with E-state index in [2.05, 4.69) is 15.4 Å². The minimum Gasteiger partial charge on any atom is -0.481 e. The van der Waals surface area contributed by atoms with Crippen molar-refractivity contribution in [3.05, 3.63) is 35.5 Å². The maximum absolute atomic E-state index is 11.1. The van der Waals surface area contributed by atoms with Gasteiger partial charge in [-0.25, -0.2) is 0 Å². The van der Waals surface area contributed by atoms with Crippen LogP contribution in [0, 0.1) is 0 Å². The van der Waals surface area contributed by atoms with Gasteiger partial charge in [-0.15, -0.1) is 0 Å². The Bertz CT molecular complexity index is 604. The molecule has 0 aliphatic carbocycles. The van der Waals surface area contributed by atoms with E-state index in [0.717, 1.165) is 5.56 Å². The van der Waals surface area contributed by atoms with Crippen molar-refractivity contribution in [1.29, 1.82) is 0 Å². The molecule has 7 heteroatoms. The fourth-order valence-electron chi connectivity index (χ4n) is 1.68. The summed E-state index contributed by atoms with van der Waals surface area (Å²) in [6.07, 6.45) is 0.535. The summed E-state index contributed by atoms with van der Waals surface area (Å²) in [7, 11) is 0. The summed E-state index contributed by atoms with van der Waals surface area (Å²) >= 11 is 0. The van der Waals surface area contributed by atoms with Crippen LogP contribution in [0.5, 0.6) is 0 Å². The molecule has 2 aromatic rings. The number of aryl methyl sites for hydroxylation is 1. The summed E-state index contributed by atoms with van der Waals surface area (Å²) in [5.74, 6) is -1.49. The molecule has 0 aliphatic rings.